The van der Waals surface area contributed by atoms with E-state index < -0.39 is 45.9 Å². The van der Waals surface area contributed by atoms with Crippen molar-refractivity contribution in [3.8, 4) is 0 Å². The van der Waals surface area contributed by atoms with Crippen LogP contribution in [0.4, 0.5) is 5.69 Å². The maximum Gasteiger partial charge on any atom is 0.295 e. The molecule has 0 aliphatic rings. The summed E-state index contributed by atoms with van der Waals surface area (Å²) in [5, 5.41) is 45.2. The molecule has 0 saturated heterocycles. The first kappa shape index (κ1) is 47.9. The lowest BCUT2D eigenvalue weighted by Crippen LogP contribution is -2.41. The number of carbonyl (C=O) groups excluding carboxylic acids is 4. The number of benzene rings is 1. The SMILES string of the molecule is O=C(NCCCN(CCCCN(CCCN(CCc1ccc(N=C=S)cc1)C(=O)c1cccn(O)c1=O)C(=O)c1cccn(O)c1=O)C(=O)c1cccc(=O)n1O)c1cccc(=O)n1O. The Morgan fingerprint density at radius 3 is 1.60 bits per heavy atom. The fraction of sp³-hybridized carbons (Fsp3) is 0.279. The summed E-state index contributed by atoms with van der Waals surface area (Å²) in [7, 11) is 0. The Kier molecular flexibility index (Phi) is 16.8. The van der Waals surface area contributed by atoms with E-state index in [1.54, 1.807) is 24.3 Å². The summed E-state index contributed by atoms with van der Waals surface area (Å²) >= 11 is 4.66. The normalized spacial score (nSPS) is 10.7. The number of nitrogens with zero attached hydrogens (tertiary/aromatic N) is 8. The van der Waals surface area contributed by atoms with E-state index >= 15 is 0 Å². The fourth-order valence-electron chi connectivity index (χ4n) is 6.71. The second kappa shape index (κ2) is 22.8. The Morgan fingerprint density at radius 2 is 1.05 bits per heavy atom. The lowest BCUT2D eigenvalue weighted by molar-refractivity contribution is 0.0666. The third-order valence-corrected chi connectivity index (χ3v) is 10.2. The van der Waals surface area contributed by atoms with Gasteiger partial charge in [-0.3, -0.25) is 38.4 Å². The van der Waals surface area contributed by atoms with E-state index in [0.29, 0.717) is 16.8 Å². The molecular formula is C43H45N9O12S. The van der Waals surface area contributed by atoms with Crippen LogP contribution in [0.2, 0.25) is 0 Å². The first-order valence-electron chi connectivity index (χ1n) is 20.2. The lowest BCUT2D eigenvalue weighted by atomic mass is 10.1. The summed E-state index contributed by atoms with van der Waals surface area (Å²) in [6, 6.07) is 19.5. The Labute approximate surface area is 374 Å². The molecule has 340 valence electrons. The van der Waals surface area contributed by atoms with Gasteiger partial charge in [0, 0.05) is 70.3 Å². The van der Waals surface area contributed by atoms with Crippen molar-refractivity contribution in [1.29, 1.82) is 0 Å². The van der Waals surface area contributed by atoms with Crippen LogP contribution in [0.5, 0.6) is 0 Å². The summed E-state index contributed by atoms with van der Waals surface area (Å²) in [6.07, 6.45) is 3.29. The lowest BCUT2D eigenvalue weighted by Gasteiger charge is -2.27. The van der Waals surface area contributed by atoms with Gasteiger partial charge in [0.2, 0.25) is 0 Å². The molecule has 5 rings (SSSR count). The first-order chi connectivity index (χ1) is 31.2. The number of aromatic nitrogens is 4. The van der Waals surface area contributed by atoms with Gasteiger partial charge in [-0.2, -0.15) is 14.5 Å². The van der Waals surface area contributed by atoms with Gasteiger partial charge in [0.25, 0.3) is 45.9 Å². The van der Waals surface area contributed by atoms with Gasteiger partial charge in [0.05, 0.1) is 10.8 Å². The third kappa shape index (κ3) is 12.5. The molecule has 0 atom stereocenters. The highest BCUT2D eigenvalue weighted by molar-refractivity contribution is 7.78. The number of carbonyl (C=O) groups is 4. The molecule has 65 heavy (non-hydrogen) atoms. The largest absolute Gasteiger partial charge is 0.425 e. The van der Waals surface area contributed by atoms with Gasteiger partial charge in [-0.15, -0.1) is 9.46 Å². The van der Waals surface area contributed by atoms with Crippen LogP contribution in [0.1, 0.15) is 72.9 Å². The molecule has 0 bridgehead atoms. The van der Waals surface area contributed by atoms with E-state index in [2.05, 4.69) is 27.7 Å². The van der Waals surface area contributed by atoms with E-state index in [1.807, 2.05) is 0 Å². The minimum Gasteiger partial charge on any atom is -0.425 e. The molecule has 0 aliphatic heterocycles. The number of hydrogen-bond acceptors (Lipinski definition) is 14. The number of unbranched alkanes of at least 4 members (excludes halogenated alkanes) is 1. The van der Waals surface area contributed by atoms with Crippen LogP contribution < -0.4 is 27.6 Å². The Balaban J connectivity index is 1.30. The molecule has 0 fully saturated rings. The number of rotatable bonds is 21. The van der Waals surface area contributed by atoms with E-state index in [0.717, 1.165) is 30.1 Å². The molecule has 5 aromatic rings. The molecule has 4 heterocycles. The number of aliphatic imine (C=N–C) groups is 1. The number of pyridine rings is 4. The molecule has 0 unspecified atom stereocenters. The number of thiocarbonyl (C=S) groups is 1. The summed E-state index contributed by atoms with van der Waals surface area (Å²) in [5.41, 5.74) is -3.41. The predicted molar refractivity (Wildman–Crippen MR) is 235 cm³/mol. The predicted octanol–water partition coefficient (Wildman–Crippen LogP) is 1.98. The van der Waals surface area contributed by atoms with Gasteiger partial charge in [0.1, 0.15) is 22.5 Å². The molecule has 4 amide bonds. The summed E-state index contributed by atoms with van der Waals surface area (Å²) < 4.78 is 0.975. The molecule has 1 aromatic carbocycles. The zero-order valence-corrected chi connectivity index (χ0v) is 35.6. The highest BCUT2D eigenvalue weighted by Gasteiger charge is 2.24. The van der Waals surface area contributed by atoms with Gasteiger partial charge in [-0.25, -0.2) is 0 Å². The molecular weight excluding hydrogens is 867 g/mol. The second-order valence-corrected chi connectivity index (χ2v) is 14.6. The standard InChI is InChI=1S/C43H45N9O12S/c53-36-13-3-11-34(51(36)63)38(55)44-20-7-23-47(43(60)35-12-4-14-37(54)52(35)64)22-2-1-21-46(39(56)32-9-5-26-49(61)41(32)58)24-8-25-48(40(57)33-10-6-27-50(62)42(33)59)28-19-30-15-17-31(18-16-30)45-29-65/h3-6,9-18,26-27,61-64H,1-2,7-8,19-25,28H2,(H,44,55). The highest BCUT2D eigenvalue weighted by atomic mass is 32.1. The second-order valence-electron chi connectivity index (χ2n) is 14.4. The van der Waals surface area contributed by atoms with Gasteiger partial charge in [-0.05, 0) is 98.4 Å². The minimum atomic E-state index is -0.970. The van der Waals surface area contributed by atoms with Crippen molar-refractivity contribution in [1.82, 2.24) is 38.9 Å². The van der Waals surface area contributed by atoms with Crippen molar-refractivity contribution in [3.63, 3.8) is 0 Å². The highest BCUT2D eigenvalue weighted by Crippen LogP contribution is 2.15. The Hall–Kier alpha value is -8.10. The number of amides is 4. The molecule has 21 nitrogen and oxygen atoms in total. The maximum absolute atomic E-state index is 13.9. The van der Waals surface area contributed by atoms with Crippen molar-refractivity contribution < 1.29 is 40.0 Å². The summed E-state index contributed by atoms with van der Waals surface area (Å²) in [4.78, 5) is 112. The van der Waals surface area contributed by atoms with Crippen molar-refractivity contribution >= 4 is 46.7 Å². The summed E-state index contributed by atoms with van der Waals surface area (Å²) in [5.74, 6) is -2.88. The van der Waals surface area contributed by atoms with Crippen molar-refractivity contribution in [2.75, 3.05) is 45.8 Å². The van der Waals surface area contributed by atoms with Crippen molar-refractivity contribution in [2.24, 2.45) is 4.99 Å². The average Bonchev–Trinajstić information content (AvgIpc) is 3.29. The maximum atomic E-state index is 13.9. The van der Waals surface area contributed by atoms with Crippen LogP contribution in [0, 0.1) is 0 Å². The van der Waals surface area contributed by atoms with E-state index in [1.165, 1.54) is 63.2 Å². The Bertz CT molecular complexity index is 2810. The number of isothiocyanates is 1. The van der Waals surface area contributed by atoms with Gasteiger partial charge in [-0.1, -0.05) is 24.3 Å². The number of nitrogens with one attached hydrogen (secondary N) is 1. The molecule has 22 heteroatoms. The molecule has 0 radical (unpaired) electrons. The topological polar surface area (TPSA) is 271 Å². The van der Waals surface area contributed by atoms with E-state index in [9.17, 15) is 59.2 Å². The first-order valence-corrected chi connectivity index (χ1v) is 20.6. The van der Waals surface area contributed by atoms with Gasteiger partial charge in [0.15, 0.2) is 0 Å². The smallest absolute Gasteiger partial charge is 0.295 e. The van der Waals surface area contributed by atoms with Crippen LogP contribution in [-0.4, -0.2) is 129 Å². The number of hydrogen-bond donors (Lipinski definition) is 5. The van der Waals surface area contributed by atoms with Crippen LogP contribution in [0.25, 0.3) is 0 Å². The van der Waals surface area contributed by atoms with Crippen molar-refractivity contribution in [2.45, 2.75) is 32.1 Å². The van der Waals surface area contributed by atoms with Crippen LogP contribution >= 0.6 is 12.2 Å². The molecule has 0 aliphatic carbocycles. The average molecular weight is 912 g/mol. The van der Waals surface area contributed by atoms with Gasteiger partial charge >= 0.3 is 0 Å². The van der Waals surface area contributed by atoms with Crippen LogP contribution in [-0.2, 0) is 6.42 Å². The van der Waals surface area contributed by atoms with Crippen LogP contribution in [0.15, 0.2) is 121 Å². The Morgan fingerprint density at radius 1 is 0.569 bits per heavy atom. The quantitative estimate of drug-likeness (QED) is 0.0306. The zero-order chi connectivity index (χ0) is 47.0. The van der Waals surface area contributed by atoms with Crippen LogP contribution in [0.3, 0.4) is 0 Å². The van der Waals surface area contributed by atoms with Crippen molar-refractivity contribution in [3.05, 3.63) is 167 Å². The zero-order valence-electron chi connectivity index (χ0n) is 34.8. The monoisotopic (exact) mass is 911 g/mol. The van der Waals surface area contributed by atoms with Gasteiger partial charge < -0.3 is 40.8 Å². The van der Waals surface area contributed by atoms with E-state index in [4.69, 9.17) is 0 Å². The molecule has 0 spiro atoms. The fourth-order valence-corrected chi connectivity index (χ4v) is 6.82. The van der Waals surface area contributed by atoms with E-state index in [-0.39, 0.29) is 108 Å². The third-order valence-electron chi connectivity index (χ3n) is 10.1. The summed E-state index contributed by atoms with van der Waals surface area (Å²) in [6.45, 7) is 0.175. The molecule has 5 N–H and O–H groups in total. The molecule has 0 saturated carbocycles. The minimum absolute atomic E-state index is 0.00345. The molecule has 4 aromatic heterocycles.